The van der Waals surface area contributed by atoms with Crippen molar-refractivity contribution >= 4 is 28.7 Å². The summed E-state index contributed by atoms with van der Waals surface area (Å²) in [5.74, 6) is -2.98. The molecule has 1 aromatic carbocycles. The average Bonchev–Trinajstić information content (AvgIpc) is 3.30. The maximum atomic E-state index is 14.2. The number of H-pyrrole nitrogens is 1. The van der Waals surface area contributed by atoms with Crippen molar-refractivity contribution < 1.29 is 23.1 Å². The molecule has 1 atom stereocenters. The number of hydrogen-bond acceptors (Lipinski definition) is 7. The lowest BCUT2D eigenvalue weighted by Crippen LogP contribution is -2.43. The number of benzene rings is 1. The summed E-state index contributed by atoms with van der Waals surface area (Å²) in [6.07, 6.45) is 0.996. The van der Waals surface area contributed by atoms with Crippen LogP contribution in [-0.4, -0.2) is 43.2 Å². The molecule has 1 amide bonds. The Bertz CT molecular complexity index is 1580. The molecule has 2 N–H and O–H groups in total. The number of esters is 1. The van der Waals surface area contributed by atoms with E-state index in [1.54, 1.807) is 25.1 Å². The highest BCUT2D eigenvalue weighted by atomic mass is 19.1. The van der Waals surface area contributed by atoms with E-state index in [-0.39, 0.29) is 47.1 Å². The van der Waals surface area contributed by atoms with Gasteiger partial charge in [-0.2, -0.15) is 5.10 Å². The predicted octanol–water partition coefficient (Wildman–Crippen LogP) is 2.28. The summed E-state index contributed by atoms with van der Waals surface area (Å²) in [7, 11) is 0. The van der Waals surface area contributed by atoms with Crippen LogP contribution >= 0.6 is 0 Å². The van der Waals surface area contributed by atoms with Crippen LogP contribution in [0.15, 0.2) is 41.3 Å². The van der Waals surface area contributed by atoms with Gasteiger partial charge in [0.1, 0.15) is 23.1 Å². The Morgan fingerprint density at radius 2 is 2.00 bits per heavy atom. The van der Waals surface area contributed by atoms with Gasteiger partial charge >= 0.3 is 5.97 Å². The Labute approximate surface area is 196 Å². The number of carbonyl (C=O) groups excluding carboxylic acids is 2. The number of anilines is 1. The third-order valence-electron chi connectivity index (χ3n) is 5.85. The van der Waals surface area contributed by atoms with Crippen molar-refractivity contribution in [3.05, 3.63) is 69.6 Å². The summed E-state index contributed by atoms with van der Waals surface area (Å²) in [6.45, 7) is 2.86. The minimum atomic E-state index is -1.88. The molecule has 12 heteroatoms. The zero-order valence-corrected chi connectivity index (χ0v) is 18.6. The Kier molecular flexibility index (Phi) is 5.15. The SMILES string of the molecule is CCOC(=O)C1(C)C(=O)Nc2nc(-c3nn(Cc4ccccc4F)c4ncc(F)cc34)[nH]c(=O)c21. The van der Waals surface area contributed by atoms with Crippen LogP contribution in [0.3, 0.4) is 0 Å². The molecule has 178 valence electrons. The fourth-order valence-electron chi connectivity index (χ4n) is 4.06. The first-order chi connectivity index (χ1) is 16.7. The average molecular weight is 480 g/mol. The van der Waals surface area contributed by atoms with Crippen LogP contribution in [0.5, 0.6) is 0 Å². The number of aromatic amines is 1. The molecular weight excluding hydrogens is 462 g/mol. The molecule has 10 nitrogen and oxygen atoms in total. The molecule has 0 saturated carbocycles. The minimum Gasteiger partial charge on any atom is -0.465 e. The normalized spacial score (nSPS) is 16.9. The van der Waals surface area contributed by atoms with Crippen molar-refractivity contribution in [1.82, 2.24) is 24.7 Å². The molecule has 0 saturated heterocycles. The van der Waals surface area contributed by atoms with Gasteiger partial charge in [-0.1, -0.05) is 18.2 Å². The number of carbonyl (C=O) groups is 2. The molecule has 5 rings (SSSR count). The van der Waals surface area contributed by atoms with E-state index < -0.39 is 34.5 Å². The number of halogens is 2. The highest BCUT2D eigenvalue weighted by molar-refractivity contribution is 6.18. The number of ether oxygens (including phenoxy) is 1. The number of nitrogens with one attached hydrogen (secondary N) is 2. The van der Waals surface area contributed by atoms with Gasteiger partial charge in [0.2, 0.25) is 5.91 Å². The van der Waals surface area contributed by atoms with E-state index in [0.717, 1.165) is 12.3 Å². The Hall–Kier alpha value is -4.48. The summed E-state index contributed by atoms with van der Waals surface area (Å²) in [6, 6.07) is 7.26. The lowest BCUT2D eigenvalue weighted by atomic mass is 9.85. The maximum Gasteiger partial charge on any atom is 0.326 e. The lowest BCUT2D eigenvalue weighted by Gasteiger charge is -2.18. The van der Waals surface area contributed by atoms with Crippen LogP contribution in [0.25, 0.3) is 22.6 Å². The van der Waals surface area contributed by atoms with Gasteiger partial charge in [-0.25, -0.2) is 23.4 Å². The lowest BCUT2D eigenvalue weighted by molar-refractivity contribution is -0.152. The molecule has 1 unspecified atom stereocenters. The highest BCUT2D eigenvalue weighted by Gasteiger charge is 2.53. The quantitative estimate of drug-likeness (QED) is 0.331. The van der Waals surface area contributed by atoms with E-state index in [1.807, 2.05) is 0 Å². The van der Waals surface area contributed by atoms with Crippen molar-refractivity contribution in [2.75, 3.05) is 11.9 Å². The number of hydrogen-bond donors (Lipinski definition) is 2. The monoisotopic (exact) mass is 480 g/mol. The summed E-state index contributed by atoms with van der Waals surface area (Å²) in [4.78, 5) is 49.1. The first-order valence-corrected chi connectivity index (χ1v) is 10.6. The molecule has 3 aromatic heterocycles. The largest absolute Gasteiger partial charge is 0.465 e. The molecule has 0 fully saturated rings. The van der Waals surface area contributed by atoms with E-state index in [2.05, 4.69) is 25.4 Å². The summed E-state index contributed by atoms with van der Waals surface area (Å²) in [5, 5.41) is 7.06. The minimum absolute atomic E-state index is 0.0183. The number of pyridine rings is 1. The van der Waals surface area contributed by atoms with Crippen molar-refractivity contribution in [2.45, 2.75) is 25.8 Å². The first kappa shape index (κ1) is 22.3. The molecule has 1 aliphatic heterocycles. The third-order valence-corrected chi connectivity index (χ3v) is 5.85. The topological polar surface area (TPSA) is 132 Å². The van der Waals surface area contributed by atoms with Crippen molar-refractivity contribution in [1.29, 1.82) is 0 Å². The van der Waals surface area contributed by atoms with Gasteiger partial charge in [0.25, 0.3) is 5.56 Å². The summed E-state index contributed by atoms with van der Waals surface area (Å²) >= 11 is 0. The molecule has 4 heterocycles. The number of amides is 1. The molecule has 0 aliphatic carbocycles. The number of nitrogens with zero attached hydrogens (tertiary/aromatic N) is 4. The van der Waals surface area contributed by atoms with Gasteiger partial charge in [-0.15, -0.1) is 0 Å². The van der Waals surface area contributed by atoms with Crippen molar-refractivity contribution in [3.63, 3.8) is 0 Å². The van der Waals surface area contributed by atoms with Gasteiger partial charge in [0, 0.05) is 5.56 Å². The van der Waals surface area contributed by atoms with E-state index in [0.29, 0.717) is 5.56 Å². The molecule has 0 radical (unpaired) electrons. The standard InChI is InChI=1S/C23H18F2N6O4/c1-3-35-22(34)23(2)15-17(29-21(23)33)27-18(28-20(15)32)16-13-8-12(24)9-26-19(13)31(30-16)10-11-6-4-5-7-14(11)25/h4-9H,3,10H2,1-2H3,(H2,27,28,29,32,33). The van der Waals surface area contributed by atoms with Gasteiger partial charge in [-0.05, 0) is 26.0 Å². The van der Waals surface area contributed by atoms with E-state index in [4.69, 9.17) is 4.74 Å². The van der Waals surface area contributed by atoms with Gasteiger partial charge in [0.15, 0.2) is 16.9 Å². The zero-order valence-electron chi connectivity index (χ0n) is 18.6. The second kappa shape index (κ2) is 8.08. The van der Waals surface area contributed by atoms with Crippen molar-refractivity contribution in [2.24, 2.45) is 0 Å². The third kappa shape index (κ3) is 3.45. The first-order valence-electron chi connectivity index (χ1n) is 10.6. The molecule has 1 aliphatic rings. The van der Waals surface area contributed by atoms with Crippen LogP contribution in [0.2, 0.25) is 0 Å². The Balaban J connectivity index is 1.66. The Morgan fingerprint density at radius 1 is 1.23 bits per heavy atom. The Morgan fingerprint density at radius 3 is 2.74 bits per heavy atom. The molecular formula is C23H18F2N6O4. The fourth-order valence-corrected chi connectivity index (χ4v) is 4.06. The van der Waals surface area contributed by atoms with Gasteiger partial charge in [0.05, 0.1) is 30.3 Å². The zero-order chi connectivity index (χ0) is 24.9. The van der Waals surface area contributed by atoms with Crippen LogP contribution in [-0.2, 0) is 26.3 Å². The predicted molar refractivity (Wildman–Crippen MR) is 119 cm³/mol. The second-order valence-electron chi connectivity index (χ2n) is 8.06. The van der Waals surface area contributed by atoms with E-state index >= 15 is 0 Å². The smallest absolute Gasteiger partial charge is 0.326 e. The molecule has 4 aromatic rings. The molecule has 35 heavy (non-hydrogen) atoms. The van der Waals surface area contributed by atoms with E-state index in [1.165, 1.54) is 17.7 Å². The van der Waals surface area contributed by atoms with Gasteiger partial charge < -0.3 is 15.0 Å². The number of fused-ring (bicyclic) bond motifs is 2. The molecule has 0 spiro atoms. The summed E-state index contributed by atoms with van der Waals surface area (Å²) < 4.78 is 34.7. The van der Waals surface area contributed by atoms with Crippen LogP contribution in [0, 0.1) is 11.6 Å². The van der Waals surface area contributed by atoms with Crippen molar-refractivity contribution in [3.8, 4) is 11.5 Å². The number of aromatic nitrogens is 5. The van der Waals surface area contributed by atoms with Crippen LogP contribution < -0.4 is 10.9 Å². The summed E-state index contributed by atoms with van der Waals surface area (Å²) in [5.41, 5.74) is -2.23. The van der Waals surface area contributed by atoms with E-state index in [9.17, 15) is 23.2 Å². The molecule has 0 bridgehead atoms. The highest BCUT2D eigenvalue weighted by Crippen LogP contribution is 2.36. The van der Waals surface area contributed by atoms with Crippen LogP contribution in [0.1, 0.15) is 25.0 Å². The second-order valence-corrected chi connectivity index (χ2v) is 8.06. The number of rotatable bonds is 5. The maximum absolute atomic E-state index is 14.2. The van der Waals surface area contributed by atoms with Crippen LogP contribution in [0.4, 0.5) is 14.6 Å². The van der Waals surface area contributed by atoms with Gasteiger partial charge in [-0.3, -0.25) is 14.4 Å². The fraction of sp³-hybridized carbons (Fsp3) is 0.217.